The van der Waals surface area contributed by atoms with Crippen LogP contribution in [0, 0.1) is 0 Å². The van der Waals surface area contributed by atoms with E-state index < -0.39 is 7.60 Å². The van der Waals surface area contributed by atoms with E-state index in [2.05, 4.69) is 10.3 Å². The van der Waals surface area contributed by atoms with Crippen molar-refractivity contribution in [1.29, 1.82) is 0 Å². The Morgan fingerprint density at radius 1 is 1.46 bits per heavy atom. The Morgan fingerprint density at radius 3 is 2.77 bits per heavy atom. The van der Waals surface area contributed by atoms with Crippen LogP contribution in [-0.2, 0) is 4.57 Å². The van der Waals surface area contributed by atoms with Gasteiger partial charge in [0.1, 0.15) is 5.82 Å². The zero-order valence-electron chi connectivity index (χ0n) is 6.92. The monoisotopic (exact) mass is 202 g/mol. The lowest BCUT2D eigenvalue weighted by Crippen LogP contribution is -2.07. The molecule has 0 bridgehead atoms. The van der Waals surface area contributed by atoms with Gasteiger partial charge in [-0.3, -0.25) is 4.57 Å². The van der Waals surface area contributed by atoms with Crippen LogP contribution in [0.3, 0.4) is 0 Å². The summed E-state index contributed by atoms with van der Waals surface area (Å²) in [7, 11) is -3.89. The molecule has 0 amide bonds. The second-order valence-electron chi connectivity index (χ2n) is 2.53. The molecule has 1 rings (SSSR count). The summed E-state index contributed by atoms with van der Waals surface area (Å²) in [5.74, 6) is 0.621. The van der Waals surface area contributed by atoms with Crippen molar-refractivity contribution < 1.29 is 14.4 Å². The lowest BCUT2D eigenvalue weighted by atomic mass is 10.4. The number of nitrogens with zero attached hydrogens (tertiary/aromatic N) is 1. The molecule has 0 aliphatic carbocycles. The van der Waals surface area contributed by atoms with Crippen molar-refractivity contribution in [2.75, 3.05) is 18.0 Å². The highest BCUT2D eigenvalue weighted by atomic mass is 31.2. The van der Waals surface area contributed by atoms with Gasteiger partial charge in [0, 0.05) is 12.7 Å². The summed E-state index contributed by atoms with van der Waals surface area (Å²) in [4.78, 5) is 21.0. The van der Waals surface area contributed by atoms with Crippen molar-refractivity contribution in [1.82, 2.24) is 4.98 Å². The van der Waals surface area contributed by atoms with Gasteiger partial charge in [0.15, 0.2) is 0 Å². The molecular weight excluding hydrogens is 191 g/mol. The summed E-state index contributed by atoms with van der Waals surface area (Å²) in [6.07, 6.45) is 1.43. The number of aromatic nitrogens is 1. The largest absolute Gasteiger partial charge is 0.369 e. The third-order valence-electron chi connectivity index (χ3n) is 1.37. The number of hydrogen-bond acceptors (Lipinski definition) is 3. The lowest BCUT2D eigenvalue weighted by molar-refractivity contribution is 0.374. The van der Waals surface area contributed by atoms with Crippen LogP contribution in [0.1, 0.15) is 0 Å². The highest BCUT2D eigenvalue weighted by Crippen LogP contribution is 2.33. The molecule has 1 aromatic heterocycles. The fourth-order valence-electron chi connectivity index (χ4n) is 0.797. The van der Waals surface area contributed by atoms with Crippen LogP contribution in [0.15, 0.2) is 24.4 Å². The number of nitrogens with one attached hydrogen (secondary N) is 1. The Morgan fingerprint density at radius 2 is 2.23 bits per heavy atom. The van der Waals surface area contributed by atoms with E-state index in [9.17, 15) is 4.57 Å². The Bertz CT molecular complexity index is 298. The van der Waals surface area contributed by atoms with Gasteiger partial charge in [0.2, 0.25) is 0 Å². The molecule has 1 heterocycles. The van der Waals surface area contributed by atoms with Crippen LogP contribution >= 0.6 is 7.60 Å². The normalized spacial score (nSPS) is 11.2. The van der Waals surface area contributed by atoms with E-state index >= 15 is 0 Å². The van der Waals surface area contributed by atoms with Gasteiger partial charge in [-0.25, -0.2) is 4.98 Å². The average molecular weight is 202 g/mol. The van der Waals surface area contributed by atoms with Crippen molar-refractivity contribution in [3.05, 3.63) is 24.4 Å². The van der Waals surface area contributed by atoms with E-state index in [4.69, 9.17) is 9.79 Å². The highest BCUT2D eigenvalue weighted by molar-refractivity contribution is 7.51. The lowest BCUT2D eigenvalue weighted by Gasteiger charge is -2.05. The van der Waals surface area contributed by atoms with E-state index in [0.29, 0.717) is 5.82 Å². The third kappa shape index (κ3) is 4.62. The maximum absolute atomic E-state index is 10.5. The minimum atomic E-state index is -3.89. The molecule has 6 heteroatoms. The summed E-state index contributed by atoms with van der Waals surface area (Å²) in [5.41, 5.74) is 0. The van der Waals surface area contributed by atoms with Crippen molar-refractivity contribution >= 4 is 13.4 Å². The van der Waals surface area contributed by atoms with Crippen LogP contribution in [0.5, 0.6) is 0 Å². The number of anilines is 1. The van der Waals surface area contributed by atoms with Crippen LogP contribution in [0.25, 0.3) is 0 Å². The number of pyridine rings is 1. The Hall–Kier alpha value is -0.900. The first-order valence-electron chi connectivity index (χ1n) is 3.77. The molecule has 72 valence electrons. The predicted octanol–water partition coefficient (Wildman–Crippen LogP) is 0.671. The predicted molar refractivity (Wildman–Crippen MR) is 49.6 cm³/mol. The maximum atomic E-state index is 10.5. The Balaban J connectivity index is 2.33. The molecular formula is C7H11N2O3P. The Kier molecular flexibility index (Phi) is 3.42. The minimum absolute atomic E-state index is 0.177. The molecule has 0 aliphatic heterocycles. The molecule has 0 aromatic carbocycles. The first-order chi connectivity index (χ1) is 6.08. The van der Waals surface area contributed by atoms with Crippen molar-refractivity contribution in [2.45, 2.75) is 0 Å². The summed E-state index contributed by atoms with van der Waals surface area (Å²) in [6.45, 7) is 0.224. The smallest absolute Gasteiger partial charge is 0.327 e. The van der Waals surface area contributed by atoms with E-state index in [1.54, 1.807) is 24.4 Å². The quantitative estimate of drug-likeness (QED) is 0.625. The van der Waals surface area contributed by atoms with Gasteiger partial charge >= 0.3 is 7.60 Å². The van der Waals surface area contributed by atoms with E-state index in [1.165, 1.54) is 0 Å². The second-order valence-corrected chi connectivity index (χ2v) is 4.31. The fraction of sp³-hybridized carbons (Fsp3) is 0.286. The summed E-state index contributed by atoms with van der Waals surface area (Å²) in [6, 6.07) is 5.31. The van der Waals surface area contributed by atoms with Gasteiger partial charge in [0.05, 0.1) is 6.16 Å². The van der Waals surface area contributed by atoms with Gasteiger partial charge < -0.3 is 15.1 Å². The van der Waals surface area contributed by atoms with Gasteiger partial charge in [0.25, 0.3) is 0 Å². The van der Waals surface area contributed by atoms with Gasteiger partial charge in [-0.05, 0) is 12.1 Å². The molecule has 0 spiro atoms. The zero-order chi connectivity index (χ0) is 9.73. The standard InChI is InChI=1S/C7H11N2O3P/c10-13(11,12)6-5-9-7-3-1-2-4-8-7/h1-4H,5-6H2,(H,8,9)(H2,10,11,12). The molecule has 0 aliphatic rings. The van der Waals surface area contributed by atoms with E-state index in [0.717, 1.165) is 0 Å². The van der Waals surface area contributed by atoms with Crippen LogP contribution in [0.4, 0.5) is 5.82 Å². The van der Waals surface area contributed by atoms with Crippen molar-refractivity contribution in [2.24, 2.45) is 0 Å². The highest BCUT2D eigenvalue weighted by Gasteiger charge is 2.11. The topological polar surface area (TPSA) is 82.5 Å². The molecule has 0 fully saturated rings. The summed E-state index contributed by atoms with van der Waals surface area (Å²) in [5, 5.41) is 2.80. The van der Waals surface area contributed by atoms with Crippen LogP contribution in [0.2, 0.25) is 0 Å². The van der Waals surface area contributed by atoms with Gasteiger partial charge in [-0.1, -0.05) is 6.07 Å². The number of rotatable bonds is 4. The first kappa shape index (κ1) is 10.2. The molecule has 13 heavy (non-hydrogen) atoms. The van der Waals surface area contributed by atoms with E-state index in [1.807, 2.05) is 0 Å². The summed E-state index contributed by atoms with van der Waals surface area (Å²) < 4.78 is 10.5. The van der Waals surface area contributed by atoms with Crippen LogP contribution in [-0.4, -0.2) is 27.5 Å². The minimum Gasteiger partial charge on any atom is -0.369 e. The zero-order valence-corrected chi connectivity index (χ0v) is 7.82. The first-order valence-corrected chi connectivity index (χ1v) is 5.57. The average Bonchev–Trinajstić information content (AvgIpc) is 2.04. The molecule has 0 saturated carbocycles. The molecule has 1 aromatic rings. The second kappa shape index (κ2) is 4.37. The molecule has 0 radical (unpaired) electrons. The molecule has 0 saturated heterocycles. The number of hydrogen-bond donors (Lipinski definition) is 3. The summed E-state index contributed by atoms with van der Waals surface area (Å²) >= 11 is 0. The van der Waals surface area contributed by atoms with Crippen molar-refractivity contribution in [3.8, 4) is 0 Å². The van der Waals surface area contributed by atoms with Crippen LogP contribution < -0.4 is 5.32 Å². The van der Waals surface area contributed by atoms with E-state index in [-0.39, 0.29) is 12.7 Å². The van der Waals surface area contributed by atoms with Crippen molar-refractivity contribution in [3.63, 3.8) is 0 Å². The van der Waals surface area contributed by atoms with Gasteiger partial charge in [-0.15, -0.1) is 0 Å². The Labute approximate surface area is 76.0 Å². The molecule has 5 nitrogen and oxygen atoms in total. The maximum Gasteiger partial charge on any atom is 0.327 e. The SMILES string of the molecule is O=P(O)(O)CCNc1ccccn1. The van der Waals surface area contributed by atoms with Gasteiger partial charge in [-0.2, -0.15) is 0 Å². The third-order valence-corrected chi connectivity index (χ3v) is 2.18. The fourth-order valence-corrected chi connectivity index (χ4v) is 1.20. The molecule has 3 N–H and O–H groups in total. The molecule has 0 atom stereocenters. The molecule has 0 unspecified atom stereocenters.